The molecule has 0 aromatic heterocycles. The average Bonchev–Trinajstić information content (AvgIpc) is 2.60. The summed E-state index contributed by atoms with van der Waals surface area (Å²) in [5, 5.41) is 0. The average molecular weight is 314 g/mol. The van der Waals surface area contributed by atoms with E-state index in [0.29, 0.717) is 0 Å². The fourth-order valence-electron chi connectivity index (χ4n) is 3.64. The summed E-state index contributed by atoms with van der Waals surface area (Å²) in [4.78, 5) is 7.22. The second kappa shape index (κ2) is 8.49. The number of benzene rings is 1. The zero-order valence-corrected chi connectivity index (χ0v) is 14.5. The molecule has 1 fully saturated rings. The van der Waals surface area contributed by atoms with Crippen LogP contribution in [0.1, 0.15) is 51.0 Å². The maximum atomic E-state index is 5.90. The number of ether oxygens (including phenoxy) is 1. The van der Waals surface area contributed by atoms with Crippen molar-refractivity contribution in [3.63, 3.8) is 0 Å². The van der Waals surface area contributed by atoms with E-state index in [0.717, 1.165) is 37.7 Å². The van der Waals surface area contributed by atoms with Crippen LogP contribution < -0.4 is 4.74 Å². The first-order chi connectivity index (χ1) is 11.3. The molecule has 1 atom stereocenters. The largest absolute Gasteiger partial charge is 0.494 e. The third-order valence-corrected chi connectivity index (χ3v) is 4.94. The molecule has 3 heteroatoms. The summed E-state index contributed by atoms with van der Waals surface area (Å²) in [5.41, 5.74) is 2.53. The number of likely N-dealkylation sites (tertiary alicyclic amines) is 1. The van der Waals surface area contributed by atoms with Gasteiger partial charge in [-0.05, 0) is 80.8 Å². The zero-order chi connectivity index (χ0) is 15.9. The van der Waals surface area contributed by atoms with Crippen LogP contribution in [0.3, 0.4) is 0 Å². The lowest BCUT2D eigenvalue weighted by Gasteiger charge is -2.30. The van der Waals surface area contributed by atoms with Gasteiger partial charge in [0.2, 0.25) is 0 Å². The van der Waals surface area contributed by atoms with Crippen LogP contribution in [0, 0.1) is 5.92 Å². The summed E-state index contributed by atoms with van der Waals surface area (Å²) < 4.78 is 5.90. The first-order valence-corrected chi connectivity index (χ1v) is 9.30. The Balaban J connectivity index is 1.39. The molecule has 0 spiro atoms. The lowest BCUT2D eigenvalue weighted by molar-refractivity contribution is 0.170. The highest BCUT2D eigenvalue weighted by atomic mass is 16.5. The maximum Gasteiger partial charge on any atom is 0.119 e. The fourth-order valence-corrected chi connectivity index (χ4v) is 3.64. The summed E-state index contributed by atoms with van der Waals surface area (Å²) in [7, 11) is 0. The Morgan fingerprint density at radius 1 is 1.17 bits per heavy atom. The van der Waals surface area contributed by atoms with Crippen LogP contribution in [-0.4, -0.2) is 43.4 Å². The van der Waals surface area contributed by atoms with Crippen molar-refractivity contribution < 1.29 is 4.74 Å². The molecule has 2 aliphatic rings. The Morgan fingerprint density at radius 2 is 2.04 bits per heavy atom. The highest BCUT2D eigenvalue weighted by molar-refractivity contribution is 6.00. The van der Waals surface area contributed by atoms with Crippen molar-refractivity contribution in [3.8, 4) is 5.75 Å². The second-order valence-corrected chi connectivity index (χ2v) is 7.06. The van der Waals surface area contributed by atoms with Crippen LogP contribution in [0.25, 0.3) is 0 Å². The first-order valence-electron chi connectivity index (χ1n) is 9.30. The molecular formula is C20H30N2O. The first kappa shape index (κ1) is 16.5. The number of hydrogen-bond donors (Lipinski definition) is 0. The summed E-state index contributed by atoms with van der Waals surface area (Å²) in [6.45, 7) is 7.85. The van der Waals surface area contributed by atoms with Crippen molar-refractivity contribution in [2.45, 2.75) is 45.4 Å². The Bertz CT molecular complexity index is 509. The molecule has 0 amide bonds. The highest BCUT2D eigenvalue weighted by Crippen LogP contribution is 2.18. The van der Waals surface area contributed by atoms with Gasteiger partial charge < -0.3 is 9.64 Å². The van der Waals surface area contributed by atoms with Crippen LogP contribution >= 0.6 is 0 Å². The van der Waals surface area contributed by atoms with E-state index in [2.05, 4.69) is 41.1 Å². The normalized spacial score (nSPS) is 22.7. The van der Waals surface area contributed by atoms with Crippen molar-refractivity contribution in [1.82, 2.24) is 4.90 Å². The highest BCUT2D eigenvalue weighted by Gasteiger charge is 2.15. The standard InChI is InChI=1S/C20H30N2O/c1-17-6-4-13-22(16-17)14-5-15-23-19-10-8-18(9-11-19)20-7-2-3-12-21-20/h8-11,17H,2-7,12-16H2,1H3/t17-/m1/s1. The van der Waals surface area contributed by atoms with Gasteiger partial charge in [-0.15, -0.1) is 0 Å². The van der Waals surface area contributed by atoms with E-state index in [4.69, 9.17) is 4.74 Å². The lowest BCUT2D eigenvalue weighted by atomic mass is 10.0. The Kier molecular flexibility index (Phi) is 6.09. The van der Waals surface area contributed by atoms with E-state index < -0.39 is 0 Å². The summed E-state index contributed by atoms with van der Waals surface area (Å²) in [5.74, 6) is 1.84. The molecule has 0 aliphatic carbocycles. The van der Waals surface area contributed by atoms with Gasteiger partial charge in [0.15, 0.2) is 0 Å². The minimum absolute atomic E-state index is 0.811. The van der Waals surface area contributed by atoms with Gasteiger partial charge in [-0.2, -0.15) is 0 Å². The van der Waals surface area contributed by atoms with Crippen molar-refractivity contribution in [2.75, 3.05) is 32.8 Å². The molecule has 0 radical (unpaired) electrons. The van der Waals surface area contributed by atoms with Crippen LogP contribution in [-0.2, 0) is 0 Å². The van der Waals surface area contributed by atoms with Crippen LogP contribution in [0.4, 0.5) is 0 Å². The van der Waals surface area contributed by atoms with Gasteiger partial charge in [0.05, 0.1) is 6.61 Å². The second-order valence-electron chi connectivity index (χ2n) is 7.06. The monoisotopic (exact) mass is 314 g/mol. The van der Waals surface area contributed by atoms with Crippen molar-refractivity contribution >= 4 is 5.71 Å². The fraction of sp³-hybridized carbons (Fsp3) is 0.650. The minimum Gasteiger partial charge on any atom is -0.494 e. The maximum absolute atomic E-state index is 5.90. The predicted octanol–water partition coefficient (Wildman–Crippen LogP) is 4.16. The van der Waals surface area contributed by atoms with E-state index in [9.17, 15) is 0 Å². The molecule has 0 bridgehead atoms. The zero-order valence-electron chi connectivity index (χ0n) is 14.5. The smallest absolute Gasteiger partial charge is 0.119 e. The Morgan fingerprint density at radius 3 is 2.78 bits per heavy atom. The Labute approximate surface area is 140 Å². The van der Waals surface area contributed by atoms with Gasteiger partial charge >= 0.3 is 0 Å². The molecule has 1 aromatic carbocycles. The van der Waals surface area contributed by atoms with Gasteiger partial charge in [-0.25, -0.2) is 0 Å². The topological polar surface area (TPSA) is 24.8 Å². The van der Waals surface area contributed by atoms with E-state index in [1.807, 2.05) is 0 Å². The summed E-state index contributed by atoms with van der Waals surface area (Å²) >= 11 is 0. The molecule has 2 aliphatic heterocycles. The summed E-state index contributed by atoms with van der Waals surface area (Å²) in [6.07, 6.45) is 7.49. The number of piperidine rings is 1. The SMILES string of the molecule is C[C@@H]1CCCN(CCCOc2ccc(C3=NCCCC3)cc2)C1. The van der Waals surface area contributed by atoms with E-state index in [-0.39, 0.29) is 0 Å². The Hall–Kier alpha value is -1.35. The molecule has 2 heterocycles. The quantitative estimate of drug-likeness (QED) is 0.737. The molecule has 126 valence electrons. The number of hydrogen-bond acceptors (Lipinski definition) is 3. The minimum atomic E-state index is 0.811. The molecule has 0 unspecified atom stereocenters. The van der Waals surface area contributed by atoms with Crippen LogP contribution in [0.2, 0.25) is 0 Å². The van der Waals surface area contributed by atoms with Crippen LogP contribution in [0.5, 0.6) is 5.75 Å². The van der Waals surface area contributed by atoms with Crippen LogP contribution in [0.15, 0.2) is 29.3 Å². The van der Waals surface area contributed by atoms with Gasteiger partial charge in [0, 0.05) is 25.3 Å². The molecule has 3 rings (SSSR count). The molecule has 1 saturated heterocycles. The predicted molar refractivity (Wildman–Crippen MR) is 96.6 cm³/mol. The van der Waals surface area contributed by atoms with Gasteiger partial charge in [0.1, 0.15) is 5.75 Å². The van der Waals surface area contributed by atoms with Gasteiger partial charge in [-0.1, -0.05) is 6.92 Å². The third kappa shape index (κ3) is 5.07. The van der Waals surface area contributed by atoms with Crippen molar-refractivity contribution in [2.24, 2.45) is 10.9 Å². The lowest BCUT2D eigenvalue weighted by Crippen LogP contribution is -2.35. The molecule has 1 aromatic rings. The van der Waals surface area contributed by atoms with Gasteiger partial charge in [0.25, 0.3) is 0 Å². The van der Waals surface area contributed by atoms with E-state index >= 15 is 0 Å². The van der Waals surface area contributed by atoms with Crippen molar-refractivity contribution in [3.05, 3.63) is 29.8 Å². The third-order valence-electron chi connectivity index (χ3n) is 4.94. The molecule has 3 nitrogen and oxygen atoms in total. The van der Waals surface area contributed by atoms with E-state index in [1.54, 1.807) is 0 Å². The number of aliphatic imine (C=N–C) groups is 1. The van der Waals surface area contributed by atoms with E-state index in [1.165, 1.54) is 56.6 Å². The number of rotatable bonds is 6. The molecular weight excluding hydrogens is 284 g/mol. The van der Waals surface area contributed by atoms with Gasteiger partial charge in [-0.3, -0.25) is 4.99 Å². The van der Waals surface area contributed by atoms with Crippen molar-refractivity contribution in [1.29, 1.82) is 0 Å². The molecule has 0 N–H and O–H groups in total. The molecule has 0 saturated carbocycles. The number of nitrogens with zero attached hydrogens (tertiary/aromatic N) is 2. The summed E-state index contributed by atoms with van der Waals surface area (Å²) in [6, 6.07) is 8.50. The molecule has 23 heavy (non-hydrogen) atoms.